The van der Waals surface area contributed by atoms with Gasteiger partial charge in [-0.05, 0) is 43.4 Å². The minimum absolute atomic E-state index is 0. The fraction of sp³-hybridized carbons (Fsp3) is 0.611. The monoisotopic (exact) mass is 337 g/mol. The van der Waals surface area contributed by atoms with Crippen molar-refractivity contribution in [3.05, 3.63) is 35.4 Å². The molecule has 1 amide bonds. The minimum Gasteiger partial charge on any atom is -0.356 e. The van der Waals surface area contributed by atoms with Gasteiger partial charge in [-0.25, -0.2) is 0 Å². The summed E-state index contributed by atoms with van der Waals surface area (Å²) in [4.78, 5) is 14.9. The number of piperazine rings is 1. The molecule has 0 saturated carbocycles. The van der Waals surface area contributed by atoms with Crippen LogP contribution in [0, 0.1) is 0 Å². The topological polar surface area (TPSA) is 44.4 Å². The predicted molar refractivity (Wildman–Crippen MR) is 96.3 cm³/mol. The highest BCUT2D eigenvalue weighted by atomic mass is 35.5. The van der Waals surface area contributed by atoms with Gasteiger partial charge in [0.05, 0.1) is 5.92 Å². The van der Waals surface area contributed by atoms with E-state index in [2.05, 4.69) is 39.8 Å². The van der Waals surface area contributed by atoms with E-state index in [0.717, 1.165) is 65.0 Å². The van der Waals surface area contributed by atoms with Gasteiger partial charge in [-0.3, -0.25) is 4.79 Å². The zero-order valence-electron chi connectivity index (χ0n) is 13.7. The molecule has 1 atom stereocenters. The summed E-state index contributed by atoms with van der Waals surface area (Å²) >= 11 is 0. The first-order chi connectivity index (χ1) is 10.8. The standard InChI is InChI=1S/C18H27N3O.ClH/c22-18(20-9-4-12-21-13-10-19-11-14-21)17-8-3-6-15-5-1-2-7-16(15)17;/h1-2,5,7,17,19H,3-4,6,8-14H2,(H,20,22);1H. The lowest BCUT2D eigenvalue weighted by atomic mass is 9.82. The van der Waals surface area contributed by atoms with Gasteiger partial charge in [-0.1, -0.05) is 24.3 Å². The summed E-state index contributed by atoms with van der Waals surface area (Å²) in [6, 6.07) is 8.42. The van der Waals surface area contributed by atoms with Crippen molar-refractivity contribution in [3.63, 3.8) is 0 Å². The van der Waals surface area contributed by atoms with E-state index < -0.39 is 0 Å². The van der Waals surface area contributed by atoms with E-state index in [9.17, 15) is 4.79 Å². The third-order valence-electron chi connectivity index (χ3n) is 4.85. The van der Waals surface area contributed by atoms with Crippen molar-refractivity contribution in [2.75, 3.05) is 39.3 Å². The normalized spacial score (nSPS) is 21.1. The van der Waals surface area contributed by atoms with Crippen molar-refractivity contribution < 1.29 is 4.79 Å². The highest BCUT2D eigenvalue weighted by Crippen LogP contribution is 2.31. The lowest BCUT2D eigenvalue weighted by molar-refractivity contribution is -0.122. The Morgan fingerprint density at radius 3 is 2.87 bits per heavy atom. The van der Waals surface area contributed by atoms with Crippen molar-refractivity contribution in [2.24, 2.45) is 0 Å². The molecule has 128 valence electrons. The van der Waals surface area contributed by atoms with Gasteiger partial charge < -0.3 is 15.5 Å². The number of rotatable bonds is 5. The predicted octanol–water partition coefficient (Wildman–Crippen LogP) is 1.94. The second-order valence-corrected chi connectivity index (χ2v) is 6.38. The van der Waals surface area contributed by atoms with Crippen LogP contribution in [0.4, 0.5) is 0 Å². The van der Waals surface area contributed by atoms with Crippen molar-refractivity contribution in [1.29, 1.82) is 0 Å². The van der Waals surface area contributed by atoms with E-state index in [0.29, 0.717) is 0 Å². The number of amides is 1. The van der Waals surface area contributed by atoms with Crippen molar-refractivity contribution in [1.82, 2.24) is 15.5 Å². The molecule has 5 heteroatoms. The molecule has 1 aromatic carbocycles. The summed E-state index contributed by atoms with van der Waals surface area (Å²) in [7, 11) is 0. The summed E-state index contributed by atoms with van der Waals surface area (Å²) in [5.74, 6) is 0.275. The average molecular weight is 338 g/mol. The Balaban J connectivity index is 0.00000192. The molecule has 1 aliphatic carbocycles. The molecule has 2 aliphatic rings. The van der Waals surface area contributed by atoms with Crippen molar-refractivity contribution in [3.8, 4) is 0 Å². The number of benzene rings is 1. The maximum Gasteiger partial charge on any atom is 0.227 e. The van der Waals surface area contributed by atoms with E-state index in [1.54, 1.807) is 0 Å². The molecule has 1 heterocycles. The van der Waals surface area contributed by atoms with E-state index in [1.807, 2.05) is 0 Å². The van der Waals surface area contributed by atoms with Gasteiger partial charge >= 0.3 is 0 Å². The maximum atomic E-state index is 12.5. The van der Waals surface area contributed by atoms with E-state index in [1.165, 1.54) is 11.1 Å². The number of fused-ring (bicyclic) bond motifs is 1. The molecule has 1 aromatic rings. The van der Waals surface area contributed by atoms with Gasteiger partial charge in [-0.2, -0.15) is 0 Å². The van der Waals surface area contributed by atoms with Crippen molar-refractivity contribution >= 4 is 18.3 Å². The SMILES string of the molecule is Cl.O=C(NCCCN1CCNCC1)C1CCCc2ccccc21. The van der Waals surface area contributed by atoms with Crippen LogP contribution in [-0.4, -0.2) is 50.1 Å². The Bertz CT molecular complexity index is 503. The summed E-state index contributed by atoms with van der Waals surface area (Å²) in [5.41, 5.74) is 2.60. The van der Waals surface area contributed by atoms with Gasteiger partial charge in [0.15, 0.2) is 0 Å². The van der Waals surface area contributed by atoms with Gasteiger partial charge in [0.2, 0.25) is 5.91 Å². The first kappa shape index (κ1) is 18.2. The van der Waals surface area contributed by atoms with Crippen LogP contribution in [0.5, 0.6) is 0 Å². The summed E-state index contributed by atoms with van der Waals surface area (Å²) in [5, 5.41) is 6.52. The Kier molecular flexibility index (Phi) is 7.34. The number of halogens is 1. The first-order valence-electron chi connectivity index (χ1n) is 8.63. The molecule has 0 radical (unpaired) electrons. The number of nitrogens with zero attached hydrogens (tertiary/aromatic N) is 1. The number of aryl methyl sites for hydroxylation is 1. The Morgan fingerprint density at radius 1 is 1.26 bits per heavy atom. The molecule has 23 heavy (non-hydrogen) atoms. The summed E-state index contributed by atoms with van der Waals surface area (Å²) in [6.45, 7) is 6.31. The van der Waals surface area contributed by atoms with Crippen LogP contribution >= 0.6 is 12.4 Å². The third-order valence-corrected chi connectivity index (χ3v) is 4.85. The van der Waals surface area contributed by atoms with Gasteiger partial charge in [0, 0.05) is 32.7 Å². The number of carbonyl (C=O) groups is 1. The molecule has 3 rings (SSSR count). The first-order valence-corrected chi connectivity index (χ1v) is 8.63. The van der Waals surface area contributed by atoms with Crippen LogP contribution in [-0.2, 0) is 11.2 Å². The molecule has 0 bridgehead atoms. The fourth-order valence-electron chi connectivity index (χ4n) is 3.60. The second-order valence-electron chi connectivity index (χ2n) is 6.38. The quantitative estimate of drug-likeness (QED) is 0.807. The fourth-order valence-corrected chi connectivity index (χ4v) is 3.60. The lowest BCUT2D eigenvalue weighted by Gasteiger charge is -2.27. The molecule has 1 saturated heterocycles. The minimum atomic E-state index is 0. The molecule has 4 nitrogen and oxygen atoms in total. The average Bonchev–Trinajstić information content (AvgIpc) is 2.59. The number of hydrogen-bond acceptors (Lipinski definition) is 3. The molecule has 1 fully saturated rings. The molecule has 1 unspecified atom stereocenters. The van der Waals surface area contributed by atoms with Crippen LogP contribution in [0.2, 0.25) is 0 Å². The zero-order chi connectivity index (χ0) is 15.2. The van der Waals surface area contributed by atoms with E-state index in [-0.39, 0.29) is 24.2 Å². The van der Waals surface area contributed by atoms with Crippen LogP contribution in [0.3, 0.4) is 0 Å². The zero-order valence-corrected chi connectivity index (χ0v) is 14.5. The maximum absolute atomic E-state index is 12.5. The molecule has 0 spiro atoms. The van der Waals surface area contributed by atoms with Crippen LogP contribution in [0.25, 0.3) is 0 Å². The largest absolute Gasteiger partial charge is 0.356 e. The lowest BCUT2D eigenvalue weighted by Crippen LogP contribution is -2.44. The van der Waals surface area contributed by atoms with E-state index >= 15 is 0 Å². The van der Waals surface area contributed by atoms with Crippen LogP contribution in [0.15, 0.2) is 24.3 Å². The van der Waals surface area contributed by atoms with Crippen molar-refractivity contribution in [2.45, 2.75) is 31.6 Å². The van der Waals surface area contributed by atoms with Crippen LogP contribution in [0.1, 0.15) is 36.3 Å². The number of hydrogen-bond donors (Lipinski definition) is 2. The van der Waals surface area contributed by atoms with E-state index in [4.69, 9.17) is 0 Å². The molecular weight excluding hydrogens is 310 g/mol. The smallest absolute Gasteiger partial charge is 0.227 e. The molecule has 2 N–H and O–H groups in total. The molecular formula is C18H28ClN3O. The molecule has 0 aromatic heterocycles. The van der Waals surface area contributed by atoms with Crippen LogP contribution < -0.4 is 10.6 Å². The number of nitrogens with one attached hydrogen (secondary N) is 2. The Hall–Kier alpha value is -1.10. The Morgan fingerprint density at radius 2 is 2.04 bits per heavy atom. The van der Waals surface area contributed by atoms with Gasteiger partial charge in [-0.15, -0.1) is 12.4 Å². The highest BCUT2D eigenvalue weighted by molar-refractivity contribution is 5.85. The van der Waals surface area contributed by atoms with Gasteiger partial charge in [0.1, 0.15) is 0 Å². The third kappa shape index (κ3) is 4.93. The highest BCUT2D eigenvalue weighted by Gasteiger charge is 2.25. The summed E-state index contributed by atoms with van der Waals surface area (Å²) < 4.78 is 0. The van der Waals surface area contributed by atoms with Gasteiger partial charge in [0.25, 0.3) is 0 Å². The number of carbonyl (C=O) groups excluding carboxylic acids is 1. The summed E-state index contributed by atoms with van der Waals surface area (Å²) in [6.07, 6.45) is 4.26. The second kappa shape index (κ2) is 9.26. The molecule has 1 aliphatic heterocycles. The Labute approximate surface area is 145 Å².